The van der Waals surface area contributed by atoms with Gasteiger partial charge < -0.3 is 10.1 Å². The van der Waals surface area contributed by atoms with Gasteiger partial charge in [-0.15, -0.1) is 11.8 Å². The number of amides is 1. The van der Waals surface area contributed by atoms with Crippen LogP contribution in [0.25, 0.3) is 0 Å². The van der Waals surface area contributed by atoms with E-state index in [2.05, 4.69) is 12.2 Å². The first-order valence-corrected chi connectivity index (χ1v) is 8.39. The molecule has 22 heavy (non-hydrogen) atoms. The number of nitrogens with one attached hydrogen (secondary N) is 1. The molecule has 0 fully saturated rings. The molecular weight excluding hydrogens is 294 g/mol. The van der Waals surface area contributed by atoms with E-state index in [1.807, 2.05) is 55.5 Å². The van der Waals surface area contributed by atoms with Crippen LogP contribution in [-0.4, -0.2) is 24.8 Å². The van der Waals surface area contributed by atoms with Crippen molar-refractivity contribution in [2.75, 3.05) is 18.9 Å². The summed E-state index contributed by atoms with van der Waals surface area (Å²) in [4.78, 5) is 13.3. The third kappa shape index (κ3) is 4.53. The Labute approximate surface area is 136 Å². The Morgan fingerprint density at radius 1 is 1.14 bits per heavy atom. The number of aryl methyl sites for hydroxylation is 1. The van der Waals surface area contributed by atoms with Crippen LogP contribution in [0.1, 0.15) is 22.8 Å². The van der Waals surface area contributed by atoms with Crippen molar-refractivity contribution in [3.05, 3.63) is 59.7 Å². The molecule has 0 unspecified atom stereocenters. The summed E-state index contributed by atoms with van der Waals surface area (Å²) in [5.41, 5.74) is 1.82. The van der Waals surface area contributed by atoms with Crippen LogP contribution in [0, 0.1) is 6.92 Å². The lowest BCUT2D eigenvalue weighted by molar-refractivity contribution is 0.0944. The molecule has 0 bridgehead atoms. The maximum Gasteiger partial charge on any atom is 0.252 e. The minimum absolute atomic E-state index is 0.0510. The van der Waals surface area contributed by atoms with Gasteiger partial charge in [0.2, 0.25) is 0 Å². The molecule has 0 spiro atoms. The van der Waals surface area contributed by atoms with Crippen LogP contribution in [0.4, 0.5) is 0 Å². The van der Waals surface area contributed by atoms with Gasteiger partial charge in [0.25, 0.3) is 5.91 Å². The number of carbonyl (C=O) groups is 1. The molecule has 2 aromatic rings. The SMILES string of the molecule is CCSc1ccccc1C(=O)NCCOc1ccccc1C. The van der Waals surface area contributed by atoms with Crippen molar-refractivity contribution in [1.29, 1.82) is 0 Å². The summed E-state index contributed by atoms with van der Waals surface area (Å²) < 4.78 is 5.68. The van der Waals surface area contributed by atoms with Gasteiger partial charge in [0, 0.05) is 4.90 Å². The number of hydrogen-bond donors (Lipinski definition) is 1. The average molecular weight is 315 g/mol. The van der Waals surface area contributed by atoms with Crippen LogP contribution >= 0.6 is 11.8 Å². The molecule has 0 aromatic heterocycles. The number of thioether (sulfide) groups is 1. The van der Waals surface area contributed by atoms with Gasteiger partial charge in [0.15, 0.2) is 0 Å². The molecule has 1 N–H and O–H groups in total. The minimum Gasteiger partial charge on any atom is -0.491 e. The molecular formula is C18H21NO2S. The zero-order valence-corrected chi connectivity index (χ0v) is 13.8. The zero-order chi connectivity index (χ0) is 15.8. The van der Waals surface area contributed by atoms with Crippen LogP contribution in [0.15, 0.2) is 53.4 Å². The van der Waals surface area contributed by atoms with Gasteiger partial charge >= 0.3 is 0 Å². The van der Waals surface area contributed by atoms with E-state index in [1.54, 1.807) is 11.8 Å². The molecule has 2 aromatic carbocycles. The fraction of sp³-hybridized carbons (Fsp3) is 0.278. The van der Waals surface area contributed by atoms with Crippen molar-refractivity contribution in [3.63, 3.8) is 0 Å². The van der Waals surface area contributed by atoms with Crippen molar-refractivity contribution in [2.24, 2.45) is 0 Å². The highest BCUT2D eigenvalue weighted by Crippen LogP contribution is 2.22. The van der Waals surface area contributed by atoms with Crippen LogP contribution in [-0.2, 0) is 0 Å². The Morgan fingerprint density at radius 3 is 2.64 bits per heavy atom. The second kappa shape index (κ2) is 8.49. The van der Waals surface area contributed by atoms with Gasteiger partial charge in [-0.2, -0.15) is 0 Å². The van der Waals surface area contributed by atoms with E-state index in [0.29, 0.717) is 13.2 Å². The number of hydrogen-bond acceptors (Lipinski definition) is 3. The average Bonchev–Trinajstić information content (AvgIpc) is 2.54. The Balaban J connectivity index is 1.85. The first-order valence-electron chi connectivity index (χ1n) is 7.41. The molecule has 0 aliphatic carbocycles. The summed E-state index contributed by atoms with van der Waals surface area (Å²) >= 11 is 1.68. The third-order valence-corrected chi connectivity index (χ3v) is 4.13. The van der Waals surface area contributed by atoms with Crippen LogP contribution in [0.5, 0.6) is 5.75 Å². The summed E-state index contributed by atoms with van der Waals surface area (Å²) in [5, 5.41) is 2.91. The molecule has 0 saturated heterocycles. The van der Waals surface area contributed by atoms with E-state index in [1.165, 1.54) is 0 Å². The maximum atomic E-state index is 12.2. The summed E-state index contributed by atoms with van der Waals surface area (Å²) in [6, 6.07) is 15.5. The molecule has 0 atom stereocenters. The molecule has 2 rings (SSSR count). The van der Waals surface area contributed by atoms with Gasteiger partial charge in [0.1, 0.15) is 12.4 Å². The van der Waals surface area contributed by atoms with Gasteiger partial charge in [-0.05, 0) is 36.4 Å². The lowest BCUT2D eigenvalue weighted by atomic mass is 10.2. The highest BCUT2D eigenvalue weighted by atomic mass is 32.2. The third-order valence-electron chi connectivity index (χ3n) is 3.17. The van der Waals surface area contributed by atoms with Gasteiger partial charge in [0.05, 0.1) is 12.1 Å². The van der Waals surface area contributed by atoms with Crippen LogP contribution < -0.4 is 10.1 Å². The molecule has 1 amide bonds. The monoisotopic (exact) mass is 315 g/mol. The number of rotatable bonds is 7. The largest absolute Gasteiger partial charge is 0.491 e. The molecule has 0 heterocycles. The Bertz CT molecular complexity index is 628. The lowest BCUT2D eigenvalue weighted by Crippen LogP contribution is -2.28. The second-order valence-corrected chi connectivity index (χ2v) is 6.10. The summed E-state index contributed by atoms with van der Waals surface area (Å²) in [6.45, 7) is 5.03. The topological polar surface area (TPSA) is 38.3 Å². The van der Waals surface area contributed by atoms with Gasteiger partial charge in [-0.1, -0.05) is 37.3 Å². The standard InChI is InChI=1S/C18H21NO2S/c1-3-22-17-11-7-5-9-15(17)18(20)19-12-13-21-16-10-6-4-8-14(16)2/h4-11H,3,12-13H2,1-2H3,(H,19,20). The predicted molar refractivity (Wildman–Crippen MR) is 91.8 cm³/mol. The highest BCUT2D eigenvalue weighted by Gasteiger charge is 2.10. The molecule has 0 saturated carbocycles. The van der Waals surface area contributed by atoms with Gasteiger partial charge in [-0.3, -0.25) is 4.79 Å². The van der Waals surface area contributed by atoms with E-state index in [-0.39, 0.29) is 5.91 Å². The number of benzene rings is 2. The Hall–Kier alpha value is -1.94. The van der Waals surface area contributed by atoms with Crippen molar-refractivity contribution in [1.82, 2.24) is 5.32 Å². The number of ether oxygens (including phenoxy) is 1. The van der Waals surface area contributed by atoms with E-state index in [4.69, 9.17) is 4.74 Å². The van der Waals surface area contributed by atoms with Gasteiger partial charge in [-0.25, -0.2) is 0 Å². The van der Waals surface area contributed by atoms with E-state index in [0.717, 1.165) is 27.5 Å². The lowest BCUT2D eigenvalue weighted by Gasteiger charge is -2.11. The van der Waals surface area contributed by atoms with E-state index in [9.17, 15) is 4.79 Å². The molecule has 0 radical (unpaired) electrons. The Kier molecular flexibility index (Phi) is 6.34. The molecule has 4 heteroatoms. The number of carbonyl (C=O) groups excluding carboxylic acids is 1. The summed E-state index contributed by atoms with van der Waals surface area (Å²) in [6.07, 6.45) is 0. The predicted octanol–water partition coefficient (Wildman–Crippen LogP) is 3.92. The fourth-order valence-electron chi connectivity index (χ4n) is 2.07. The highest BCUT2D eigenvalue weighted by molar-refractivity contribution is 7.99. The van der Waals surface area contributed by atoms with Crippen molar-refractivity contribution in [3.8, 4) is 5.75 Å². The molecule has 0 aliphatic heterocycles. The number of para-hydroxylation sites is 1. The van der Waals surface area contributed by atoms with Crippen molar-refractivity contribution >= 4 is 17.7 Å². The van der Waals surface area contributed by atoms with Crippen LogP contribution in [0.2, 0.25) is 0 Å². The Morgan fingerprint density at radius 2 is 1.86 bits per heavy atom. The quantitative estimate of drug-likeness (QED) is 0.622. The van der Waals surface area contributed by atoms with E-state index >= 15 is 0 Å². The van der Waals surface area contributed by atoms with E-state index < -0.39 is 0 Å². The minimum atomic E-state index is -0.0510. The normalized spacial score (nSPS) is 10.3. The maximum absolute atomic E-state index is 12.2. The molecule has 116 valence electrons. The molecule has 3 nitrogen and oxygen atoms in total. The first-order chi connectivity index (χ1) is 10.7. The van der Waals surface area contributed by atoms with Crippen molar-refractivity contribution < 1.29 is 9.53 Å². The van der Waals surface area contributed by atoms with Crippen molar-refractivity contribution in [2.45, 2.75) is 18.7 Å². The van der Waals surface area contributed by atoms with Crippen LogP contribution in [0.3, 0.4) is 0 Å². The molecule has 0 aliphatic rings. The zero-order valence-electron chi connectivity index (χ0n) is 13.0. The second-order valence-electron chi connectivity index (χ2n) is 4.80. The first kappa shape index (κ1) is 16.4. The smallest absolute Gasteiger partial charge is 0.252 e. The fourth-order valence-corrected chi connectivity index (χ4v) is 2.88. The summed E-state index contributed by atoms with van der Waals surface area (Å²) in [7, 11) is 0. The summed E-state index contributed by atoms with van der Waals surface area (Å²) in [5.74, 6) is 1.75.